The maximum Gasteiger partial charge on any atom is 0.216 e. The Kier molecular flexibility index (Phi) is 5.72. The summed E-state index contributed by atoms with van der Waals surface area (Å²) in [6, 6.07) is 10.6. The van der Waals surface area contributed by atoms with Crippen molar-refractivity contribution in [1.82, 2.24) is 24.5 Å². The van der Waals surface area contributed by atoms with E-state index in [-0.39, 0.29) is 17.7 Å². The molecule has 0 bridgehead atoms. The van der Waals surface area contributed by atoms with Crippen LogP contribution < -0.4 is 10.2 Å². The van der Waals surface area contributed by atoms with Crippen LogP contribution in [-0.2, 0) is 29.4 Å². The number of nitrogens with zero attached hydrogens (tertiary/aromatic N) is 4. The number of fused-ring (bicyclic) bond motifs is 2. The highest BCUT2D eigenvalue weighted by Crippen LogP contribution is 2.22. The maximum absolute atomic E-state index is 13.5. The summed E-state index contributed by atoms with van der Waals surface area (Å²) in [6.07, 6.45) is 5.30. The molecule has 2 aromatic carbocycles. The van der Waals surface area contributed by atoms with Gasteiger partial charge in [-0.2, -0.15) is 5.10 Å². The quantitative estimate of drug-likeness (QED) is 0.389. The van der Waals surface area contributed by atoms with Gasteiger partial charge in [-0.05, 0) is 36.1 Å². The molecule has 0 aliphatic rings. The van der Waals surface area contributed by atoms with Gasteiger partial charge < -0.3 is 0 Å². The summed E-state index contributed by atoms with van der Waals surface area (Å²) in [6.45, 7) is 2.01. The predicted octanol–water partition coefficient (Wildman–Crippen LogP) is 3.53. The monoisotopic (exact) mass is 491 g/mol. The average molecular weight is 492 g/mol. The number of pyridine rings is 1. The molecule has 1 N–H and O–H groups in total. The molecule has 0 aliphatic heterocycles. The van der Waals surface area contributed by atoms with Crippen molar-refractivity contribution in [2.75, 3.05) is 0 Å². The molecule has 0 amide bonds. The number of benzene rings is 1. The largest absolute Gasteiger partial charge is 0.289 e. The van der Waals surface area contributed by atoms with E-state index in [1.54, 1.807) is 41.3 Å². The molecule has 0 atom stereocenters. The molecule has 0 fully saturated rings. The van der Waals surface area contributed by atoms with Gasteiger partial charge in [0.25, 0.3) is 0 Å². The van der Waals surface area contributed by atoms with Gasteiger partial charge in [0.15, 0.2) is 5.43 Å². The lowest BCUT2D eigenvalue weighted by molar-refractivity contribution is 0.579. The zero-order valence-electron chi connectivity index (χ0n) is 18.5. The number of nitrogens with one attached hydrogen (secondary N) is 1. The van der Waals surface area contributed by atoms with E-state index in [2.05, 4.69) is 19.8 Å². The minimum absolute atomic E-state index is 0.134. The molecule has 3 heterocycles. The van der Waals surface area contributed by atoms with Crippen LogP contribution >= 0.6 is 11.3 Å². The van der Waals surface area contributed by atoms with E-state index >= 15 is 0 Å². The zero-order valence-corrected chi connectivity index (χ0v) is 20.2. The number of rotatable bonds is 6. The third-order valence-electron chi connectivity index (χ3n) is 5.48. The molecular formula is C24H21N5O3S2. The normalized spacial score (nSPS) is 11.9. The Morgan fingerprint density at radius 2 is 1.88 bits per heavy atom. The van der Waals surface area contributed by atoms with E-state index in [4.69, 9.17) is 0 Å². The Balaban J connectivity index is 1.51. The molecule has 0 radical (unpaired) electrons. The van der Waals surface area contributed by atoms with Crippen molar-refractivity contribution >= 4 is 43.0 Å². The van der Waals surface area contributed by atoms with Gasteiger partial charge in [0.05, 0.1) is 34.7 Å². The van der Waals surface area contributed by atoms with Crippen molar-refractivity contribution in [3.8, 4) is 11.1 Å². The fourth-order valence-electron chi connectivity index (χ4n) is 3.81. The average Bonchev–Trinajstić information content (AvgIpc) is 3.40. The Bertz CT molecular complexity index is 1710. The lowest BCUT2D eigenvalue weighted by Gasteiger charge is -2.06. The van der Waals surface area contributed by atoms with Crippen LogP contribution in [0.15, 0.2) is 65.2 Å². The molecule has 172 valence electrons. The number of aryl methyl sites for hydroxylation is 2. The van der Waals surface area contributed by atoms with E-state index in [1.165, 1.54) is 11.3 Å². The summed E-state index contributed by atoms with van der Waals surface area (Å²) in [5, 5.41) is 8.53. The van der Waals surface area contributed by atoms with Crippen LogP contribution in [0.25, 0.3) is 32.8 Å². The van der Waals surface area contributed by atoms with Gasteiger partial charge in [-0.15, -0.1) is 11.3 Å². The molecule has 3 aromatic heterocycles. The first-order chi connectivity index (χ1) is 16.3. The second-order valence-corrected chi connectivity index (χ2v) is 11.0. The minimum atomic E-state index is -3.61. The van der Waals surface area contributed by atoms with Crippen molar-refractivity contribution in [2.24, 2.45) is 7.05 Å². The predicted molar refractivity (Wildman–Crippen MR) is 134 cm³/mol. The summed E-state index contributed by atoms with van der Waals surface area (Å²) < 4.78 is 29.6. The topological polar surface area (TPSA) is 107 Å². The molecule has 8 nitrogen and oxygen atoms in total. The van der Waals surface area contributed by atoms with Gasteiger partial charge >= 0.3 is 0 Å². The second-order valence-electron chi connectivity index (χ2n) is 8.08. The first-order valence-corrected chi connectivity index (χ1v) is 13.0. The number of thiazole rings is 1. The number of aromatic nitrogens is 4. The van der Waals surface area contributed by atoms with Crippen LogP contribution in [0.1, 0.15) is 16.3 Å². The highest BCUT2D eigenvalue weighted by atomic mass is 32.2. The zero-order chi connectivity index (χ0) is 23.9. The standard InChI is InChI=1S/C24H21N5O3S2/c1-15-28-20(13-33-15)11-27-34(31,32)14-16-3-4-17-5-6-23-22(24(30)21(17)7-16)8-18(9-25-23)19-10-26-29(2)12-19/h3-10,12-13,27H,11,14H2,1-2H3. The Morgan fingerprint density at radius 3 is 2.62 bits per heavy atom. The van der Waals surface area contributed by atoms with Crippen molar-refractivity contribution in [3.63, 3.8) is 0 Å². The van der Waals surface area contributed by atoms with Gasteiger partial charge in [-0.3, -0.25) is 14.5 Å². The van der Waals surface area contributed by atoms with Crippen LogP contribution in [-0.4, -0.2) is 28.2 Å². The highest BCUT2D eigenvalue weighted by Gasteiger charge is 2.14. The molecular weight excluding hydrogens is 470 g/mol. The molecule has 0 unspecified atom stereocenters. The maximum atomic E-state index is 13.5. The van der Waals surface area contributed by atoms with Crippen molar-refractivity contribution < 1.29 is 8.42 Å². The lowest BCUT2D eigenvalue weighted by atomic mass is 10.1. The minimum Gasteiger partial charge on any atom is -0.289 e. The van der Waals surface area contributed by atoms with Gasteiger partial charge in [0.2, 0.25) is 10.0 Å². The summed E-state index contributed by atoms with van der Waals surface area (Å²) in [7, 11) is -1.79. The Labute approximate surface area is 200 Å². The molecule has 10 heteroatoms. The van der Waals surface area contributed by atoms with Gasteiger partial charge in [-0.25, -0.2) is 18.1 Å². The smallest absolute Gasteiger partial charge is 0.216 e. The van der Waals surface area contributed by atoms with Crippen LogP contribution in [0.4, 0.5) is 0 Å². The fraction of sp³-hybridized carbons (Fsp3) is 0.167. The summed E-state index contributed by atoms with van der Waals surface area (Å²) in [5.74, 6) is -0.235. The number of sulfonamides is 1. The molecule has 0 saturated heterocycles. The van der Waals surface area contributed by atoms with Crippen LogP contribution in [0.5, 0.6) is 0 Å². The Hall–Kier alpha value is -3.47. The molecule has 5 rings (SSSR count). The second kappa shape index (κ2) is 8.71. The summed E-state index contributed by atoms with van der Waals surface area (Å²) >= 11 is 1.47. The van der Waals surface area contributed by atoms with E-state index < -0.39 is 10.0 Å². The lowest BCUT2D eigenvalue weighted by Crippen LogP contribution is -2.24. The van der Waals surface area contributed by atoms with Gasteiger partial charge in [-0.1, -0.05) is 18.2 Å². The molecule has 34 heavy (non-hydrogen) atoms. The van der Waals surface area contributed by atoms with E-state index in [0.29, 0.717) is 27.5 Å². The van der Waals surface area contributed by atoms with Crippen LogP contribution in [0, 0.1) is 6.92 Å². The molecule has 0 spiro atoms. The summed E-state index contributed by atoms with van der Waals surface area (Å²) in [5.41, 5.74) is 3.24. The van der Waals surface area contributed by atoms with Crippen molar-refractivity contribution in [1.29, 1.82) is 0 Å². The molecule has 0 saturated carbocycles. The summed E-state index contributed by atoms with van der Waals surface area (Å²) in [4.78, 5) is 22.2. The fourth-order valence-corrected chi connectivity index (χ4v) is 5.51. The highest BCUT2D eigenvalue weighted by molar-refractivity contribution is 7.88. The molecule has 0 aliphatic carbocycles. The number of hydrogen-bond donors (Lipinski definition) is 1. The van der Waals surface area contributed by atoms with Crippen molar-refractivity contribution in [3.05, 3.63) is 86.9 Å². The molecule has 5 aromatic rings. The van der Waals surface area contributed by atoms with Crippen LogP contribution in [0.3, 0.4) is 0 Å². The third kappa shape index (κ3) is 4.60. The first kappa shape index (κ1) is 22.3. The third-order valence-corrected chi connectivity index (χ3v) is 7.60. The van der Waals surface area contributed by atoms with Crippen molar-refractivity contribution in [2.45, 2.75) is 19.2 Å². The Morgan fingerprint density at radius 1 is 1.06 bits per heavy atom. The number of hydrogen-bond acceptors (Lipinski definition) is 7. The first-order valence-electron chi connectivity index (χ1n) is 10.5. The van der Waals surface area contributed by atoms with Crippen LogP contribution in [0.2, 0.25) is 0 Å². The SMILES string of the molecule is Cc1nc(CNS(=O)(=O)Cc2ccc3ccc4ncc(-c5cnn(C)c5)cc4c(=O)c3c2)cs1. The van der Waals surface area contributed by atoms with E-state index in [9.17, 15) is 13.2 Å². The van der Waals surface area contributed by atoms with E-state index in [0.717, 1.165) is 21.5 Å². The van der Waals surface area contributed by atoms with Gasteiger partial charge in [0, 0.05) is 46.7 Å². The van der Waals surface area contributed by atoms with Gasteiger partial charge in [0.1, 0.15) is 0 Å². The van der Waals surface area contributed by atoms with E-state index in [1.807, 2.05) is 37.7 Å².